The number of aryl methyl sites for hydroxylation is 2. The number of carbonyl (C=O) groups is 1. The maximum atomic E-state index is 13.7. The number of nitro groups is 1. The predicted octanol–water partition coefficient (Wildman–Crippen LogP) is 4.58. The van der Waals surface area contributed by atoms with Crippen LogP contribution in [-0.4, -0.2) is 22.1 Å². The summed E-state index contributed by atoms with van der Waals surface area (Å²) in [5.74, 6) is 0.351. The topological polar surface area (TPSA) is 117 Å². The van der Waals surface area contributed by atoms with Crippen molar-refractivity contribution in [2.75, 3.05) is 6.61 Å². The van der Waals surface area contributed by atoms with Crippen molar-refractivity contribution < 1.29 is 18.9 Å². The summed E-state index contributed by atoms with van der Waals surface area (Å²) in [6.45, 7) is 7.48. The molecule has 4 aromatic rings. The first-order valence-electron chi connectivity index (χ1n) is 12.3. The van der Waals surface area contributed by atoms with E-state index in [-0.39, 0.29) is 17.9 Å². The molecule has 1 aliphatic heterocycles. The molecule has 10 heteroatoms. The average molecular weight is 544 g/mol. The van der Waals surface area contributed by atoms with E-state index in [9.17, 15) is 19.7 Å². The minimum Gasteiger partial charge on any atom is -0.463 e. The molecule has 0 amide bonds. The zero-order valence-electron chi connectivity index (χ0n) is 21.8. The lowest BCUT2D eigenvalue weighted by Crippen LogP contribution is -2.39. The third-order valence-corrected chi connectivity index (χ3v) is 7.49. The molecule has 39 heavy (non-hydrogen) atoms. The maximum Gasteiger partial charge on any atom is 0.338 e. The van der Waals surface area contributed by atoms with E-state index < -0.39 is 16.9 Å². The number of furan rings is 1. The van der Waals surface area contributed by atoms with Gasteiger partial charge in [0.2, 0.25) is 0 Å². The van der Waals surface area contributed by atoms with Crippen LogP contribution in [0, 0.1) is 24.0 Å². The standard InChI is InChI=1S/C29H25N3O6S/c1-5-37-28(34)25-18(4)30-29-31(26(25)19-9-6-16(2)7-10-19)27(33)24(39-29)15-21-12-13-23(38-21)22-14-20(32(35)36)11-8-17(22)3/h6-15,26H,5H2,1-4H3/b24-15-/t26-/m1/s1. The van der Waals surface area contributed by atoms with E-state index in [1.165, 1.54) is 28.0 Å². The Balaban J connectivity index is 1.62. The molecular formula is C29H25N3O6S. The summed E-state index contributed by atoms with van der Waals surface area (Å²) in [6.07, 6.45) is 1.62. The highest BCUT2D eigenvalue weighted by molar-refractivity contribution is 7.07. The van der Waals surface area contributed by atoms with Gasteiger partial charge in [-0.15, -0.1) is 0 Å². The lowest BCUT2D eigenvalue weighted by Gasteiger charge is -2.24. The van der Waals surface area contributed by atoms with E-state index in [0.717, 1.165) is 16.7 Å². The van der Waals surface area contributed by atoms with Gasteiger partial charge in [0.1, 0.15) is 11.5 Å². The SMILES string of the molecule is CCOC(=O)C1=C(C)N=c2s/c(=C\c3ccc(-c4cc([N+](=O)[O-])ccc4C)o3)c(=O)n2[C@@H]1c1ccc(C)cc1. The van der Waals surface area contributed by atoms with Crippen LogP contribution < -0.4 is 14.9 Å². The van der Waals surface area contributed by atoms with Crippen molar-refractivity contribution >= 4 is 29.1 Å². The van der Waals surface area contributed by atoms with Crippen LogP contribution in [0.3, 0.4) is 0 Å². The number of non-ortho nitro benzene ring substituents is 1. The summed E-state index contributed by atoms with van der Waals surface area (Å²) in [5.41, 5.74) is 3.70. The van der Waals surface area contributed by atoms with Crippen molar-refractivity contribution in [2.24, 2.45) is 4.99 Å². The molecule has 0 fully saturated rings. The number of thiazole rings is 1. The molecule has 1 aliphatic rings. The monoisotopic (exact) mass is 543 g/mol. The molecule has 0 saturated heterocycles. The highest BCUT2D eigenvalue weighted by Gasteiger charge is 2.33. The Hall–Kier alpha value is -4.57. The molecule has 0 N–H and O–H groups in total. The number of aromatic nitrogens is 1. The molecule has 0 saturated carbocycles. The number of hydrogen-bond acceptors (Lipinski definition) is 8. The predicted molar refractivity (Wildman–Crippen MR) is 147 cm³/mol. The summed E-state index contributed by atoms with van der Waals surface area (Å²) in [7, 11) is 0. The van der Waals surface area contributed by atoms with Gasteiger partial charge < -0.3 is 9.15 Å². The number of benzene rings is 2. The molecule has 1 atom stereocenters. The van der Waals surface area contributed by atoms with Crippen LogP contribution in [0.1, 0.15) is 42.3 Å². The highest BCUT2D eigenvalue weighted by Crippen LogP contribution is 2.31. The van der Waals surface area contributed by atoms with E-state index in [1.807, 2.05) is 38.1 Å². The first-order valence-corrected chi connectivity index (χ1v) is 13.1. The zero-order chi connectivity index (χ0) is 27.8. The quantitative estimate of drug-likeness (QED) is 0.200. The number of carbonyl (C=O) groups excluding carboxylic acids is 1. The highest BCUT2D eigenvalue weighted by atomic mass is 32.1. The van der Waals surface area contributed by atoms with Gasteiger partial charge in [0.15, 0.2) is 4.80 Å². The molecule has 5 rings (SSSR count). The number of ether oxygens (including phenoxy) is 1. The number of allylic oxidation sites excluding steroid dienone is 1. The van der Waals surface area contributed by atoms with E-state index in [2.05, 4.69) is 4.99 Å². The van der Waals surface area contributed by atoms with Gasteiger partial charge in [0.25, 0.3) is 11.2 Å². The zero-order valence-corrected chi connectivity index (χ0v) is 22.6. The van der Waals surface area contributed by atoms with Crippen LogP contribution in [0.25, 0.3) is 17.4 Å². The number of hydrogen-bond donors (Lipinski definition) is 0. The molecule has 9 nitrogen and oxygen atoms in total. The summed E-state index contributed by atoms with van der Waals surface area (Å²) in [5, 5.41) is 11.2. The molecule has 2 aromatic heterocycles. The molecule has 3 heterocycles. The van der Waals surface area contributed by atoms with Crippen LogP contribution in [0.5, 0.6) is 0 Å². The normalized spacial score (nSPS) is 15.2. The Morgan fingerprint density at radius 1 is 1.15 bits per heavy atom. The van der Waals surface area contributed by atoms with Gasteiger partial charge in [-0.3, -0.25) is 19.5 Å². The smallest absolute Gasteiger partial charge is 0.338 e. The van der Waals surface area contributed by atoms with Gasteiger partial charge in [-0.1, -0.05) is 47.2 Å². The Morgan fingerprint density at radius 2 is 1.90 bits per heavy atom. The van der Waals surface area contributed by atoms with Gasteiger partial charge in [-0.05, 0) is 51.0 Å². The number of esters is 1. The van der Waals surface area contributed by atoms with Crippen molar-refractivity contribution in [3.05, 3.63) is 118 Å². The number of nitro benzene ring substituents is 1. The van der Waals surface area contributed by atoms with Crippen molar-refractivity contribution in [2.45, 2.75) is 33.7 Å². The second-order valence-electron chi connectivity index (χ2n) is 9.17. The fraction of sp³-hybridized carbons (Fsp3) is 0.207. The van der Waals surface area contributed by atoms with E-state index in [0.29, 0.717) is 37.7 Å². The van der Waals surface area contributed by atoms with Gasteiger partial charge in [-0.25, -0.2) is 9.79 Å². The van der Waals surface area contributed by atoms with E-state index >= 15 is 0 Å². The minimum atomic E-state index is -0.692. The number of fused-ring (bicyclic) bond motifs is 1. The van der Waals surface area contributed by atoms with Crippen LogP contribution in [0.15, 0.2) is 80.1 Å². The summed E-state index contributed by atoms with van der Waals surface area (Å²) in [6, 6.07) is 15.0. The summed E-state index contributed by atoms with van der Waals surface area (Å²) >= 11 is 1.20. The summed E-state index contributed by atoms with van der Waals surface area (Å²) in [4.78, 5) is 42.6. The number of rotatable bonds is 6. The Kier molecular flexibility index (Phi) is 6.88. The fourth-order valence-electron chi connectivity index (χ4n) is 4.55. The van der Waals surface area contributed by atoms with E-state index in [1.54, 1.807) is 38.1 Å². The van der Waals surface area contributed by atoms with E-state index in [4.69, 9.17) is 9.15 Å². The maximum absolute atomic E-state index is 13.7. The lowest BCUT2D eigenvalue weighted by molar-refractivity contribution is -0.384. The summed E-state index contributed by atoms with van der Waals surface area (Å²) < 4.78 is 13.2. The van der Waals surface area contributed by atoms with Gasteiger partial charge >= 0.3 is 5.97 Å². The van der Waals surface area contributed by atoms with Crippen molar-refractivity contribution in [1.82, 2.24) is 4.57 Å². The third kappa shape index (κ3) is 4.86. The second kappa shape index (κ2) is 10.3. The third-order valence-electron chi connectivity index (χ3n) is 6.51. The first kappa shape index (κ1) is 26.1. The Labute approximate surface area is 227 Å². The molecule has 0 aliphatic carbocycles. The molecule has 2 aromatic carbocycles. The van der Waals surface area contributed by atoms with Crippen LogP contribution in [0.2, 0.25) is 0 Å². The Bertz CT molecular complexity index is 1830. The van der Waals surface area contributed by atoms with Gasteiger partial charge in [0.05, 0.1) is 33.4 Å². The van der Waals surface area contributed by atoms with Crippen molar-refractivity contribution in [3.63, 3.8) is 0 Å². The molecule has 0 bridgehead atoms. The number of nitrogens with zero attached hydrogens (tertiary/aromatic N) is 3. The average Bonchev–Trinajstić information content (AvgIpc) is 3.48. The molecule has 198 valence electrons. The molecule has 0 radical (unpaired) electrons. The fourth-order valence-corrected chi connectivity index (χ4v) is 5.58. The molecule has 0 spiro atoms. The molecular weight excluding hydrogens is 518 g/mol. The lowest BCUT2D eigenvalue weighted by atomic mass is 9.95. The van der Waals surface area contributed by atoms with Crippen LogP contribution in [0.4, 0.5) is 5.69 Å². The Morgan fingerprint density at radius 3 is 2.59 bits per heavy atom. The second-order valence-corrected chi connectivity index (χ2v) is 10.2. The van der Waals surface area contributed by atoms with Gasteiger partial charge in [-0.2, -0.15) is 0 Å². The van der Waals surface area contributed by atoms with Crippen molar-refractivity contribution in [1.29, 1.82) is 0 Å². The minimum absolute atomic E-state index is 0.0364. The first-order chi connectivity index (χ1) is 18.7. The van der Waals surface area contributed by atoms with Crippen molar-refractivity contribution in [3.8, 4) is 11.3 Å². The largest absolute Gasteiger partial charge is 0.463 e. The van der Waals surface area contributed by atoms with Gasteiger partial charge in [0, 0.05) is 23.8 Å². The molecule has 0 unspecified atom stereocenters. The van der Waals surface area contributed by atoms with Crippen LogP contribution in [-0.2, 0) is 9.53 Å². The van der Waals surface area contributed by atoms with Crippen LogP contribution >= 0.6 is 11.3 Å².